The summed E-state index contributed by atoms with van der Waals surface area (Å²) in [5.41, 5.74) is 4.51. The second-order valence-electron chi connectivity index (χ2n) is 11.5. The molecular weight excluding hydrogens is 532 g/mol. The molecule has 2 aliphatic rings. The number of piperidine rings is 1. The number of aryl methyl sites for hydroxylation is 1. The first kappa shape index (κ1) is 27.8. The fourth-order valence-corrected chi connectivity index (χ4v) is 6.46. The van der Waals surface area contributed by atoms with E-state index in [-0.39, 0.29) is 5.56 Å². The van der Waals surface area contributed by atoms with E-state index in [1.54, 1.807) is 6.07 Å². The molecule has 0 radical (unpaired) electrons. The summed E-state index contributed by atoms with van der Waals surface area (Å²) in [5.74, 6) is 0.950. The molecule has 2 aliphatic heterocycles. The molecule has 4 heterocycles. The molecule has 2 aromatic heterocycles. The minimum atomic E-state index is -0.806. The fraction of sp³-hybridized carbons (Fsp3) is 0.406. The summed E-state index contributed by atoms with van der Waals surface area (Å²) in [7, 11) is 1.97. The highest BCUT2D eigenvalue weighted by Gasteiger charge is 2.30. The Balaban J connectivity index is 1.21. The molecule has 6 rings (SSSR count). The van der Waals surface area contributed by atoms with Crippen molar-refractivity contribution in [1.29, 1.82) is 0 Å². The van der Waals surface area contributed by atoms with Crippen LogP contribution in [-0.2, 0) is 13.7 Å². The quantitative estimate of drug-likeness (QED) is 0.339. The largest absolute Gasteiger partial charge is 0.474 e. The van der Waals surface area contributed by atoms with Crippen LogP contribution in [0.2, 0.25) is 0 Å². The average Bonchev–Trinajstić information content (AvgIpc) is 3.33. The van der Waals surface area contributed by atoms with E-state index in [0.717, 1.165) is 72.4 Å². The number of H-pyrrole nitrogens is 1. The first-order chi connectivity index (χ1) is 20.4. The Morgan fingerprint density at radius 1 is 1.02 bits per heavy atom. The molecule has 2 N–H and O–H groups in total. The molecule has 1 unspecified atom stereocenters. The van der Waals surface area contributed by atoms with Crippen molar-refractivity contribution in [2.75, 3.05) is 44.2 Å². The number of likely N-dealkylation sites (tertiary alicyclic amines) is 1. The highest BCUT2D eigenvalue weighted by molar-refractivity contribution is 6.01. The first-order valence-electron chi connectivity index (χ1n) is 14.7. The van der Waals surface area contributed by atoms with Gasteiger partial charge in [0.15, 0.2) is 0 Å². The summed E-state index contributed by atoms with van der Waals surface area (Å²) in [6.45, 7) is 7.71. The minimum Gasteiger partial charge on any atom is -0.474 e. The summed E-state index contributed by atoms with van der Waals surface area (Å²) < 4.78 is 8.05. The van der Waals surface area contributed by atoms with E-state index in [0.29, 0.717) is 37.5 Å². The molecule has 42 heavy (non-hydrogen) atoms. The molecule has 0 bridgehead atoms. The lowest BCUT2D eigenvalue weighted by molar-refractivity contribution is 0.109. The number of nitrogens with one attached hydrogen (secondary N) is 1. The summed E-state index contributed by atoms with van der Waals surface area (Å²) in [6, 6.07) is 19.8. The minimum absolute atomic E-state index is 0.220. The molecule has 2 fully saturated rings. The molecular formula is C32H38N6O4. The standard InChI is InChI=1S/C32H38N6O4/c1-22-19-36(20-23-13-15-37(16-14-23)32(40)41)17-18-38(22)27-10-6-9-25-29(34-35(2)30(25)27)26-11-12-28(39)33-31(26)42-21-24-7-4-3-5-8-24/h3-12,22-23H,13-21H2,1-2H3,(H,33,39)(H,40,41). The van der Waals surface area contributed by atoms with Crippen LogP contribution in [0.15, 0.2) is 65.5 Å². The average molecular weight is 571 g/mol. The van der Waals surface area contributed by atoms with Gasteiger partial charge in [0.1, 0.15) is 12.3 Å². The zero-order valence-electron chi connectivity index (χ0n) is 24.2. The van der Waals surface area contributed by atoms with Gasteiger partial charge in [-0.15, -0.1) is 0 Å². The van der Waals surface area contributed by atoms with Crippen LogP contribution in [0.5, 0.6) is 5.88 Å². The van der Waals surface area contributed by atoms with E-state index in [9.17, 15) is 14.7 Å². The van der Waals surface area contributed by atoms with Gasteiger partial charge < -0.3 is 19.6 Å². The number of pyridine rings is 1. The third kappa shape index (κ3) is 5.72. The molecule has 0 spiro atoms. The van der Waals surface area contributed by atoms with Crippen molar-refractivity contribution in [2.45, 2.75) is 32.4 Å². The number of carbonyl (C=O) groups is 1. The molecule has 4 aromatic rings. The van der Waals surface area contributed by atoms with Gasteiger partial charge in [-0.3, -0.25) is 19.4 Å². The van der Waals surface area contributed by atoms with Crippen LogP contribution in [0.1, 0.15) is 25.3 Å². The third-order valence-electron chi connectivity index (χ3n) is 8.63. The number of benzene rings is 2. The van der Waals surface area contributed by atoms with Gasteiger partial charge in [-0.2, -0.15) is 5.10 Å². The summed E-state index contributed by atoms with van der Waals surface area (Å²) in [4.78, 5) is 32.9. The van der Waals surface area contributed by atoms with Crippen molar-refractivity contribution in [3.05, 3.63) is 76.6 Å². The van der Waals surface area contributed by atoms with Crippen LogP contribution < -0.4 is 15.2 Å². The number of piperazine rings is 1. The Kier molecular flexibility index (Phi) is 7.88. The van der Waals surface area contributed by atoms with Gasteiger partial charge >= 0.3 is 6.09 Å². The summed E-state index contributed by atoms with van der Waals surface area (Å²) >= 11 is 0. The van der Waals surface area contributed by atoms with Gasteiger partial charge in [-0.25, -0.2) is 4.79 Å². The van der Waals surface area contributed by atoms with Crippen molar-refractivity contribution < 1.29 is 14.6 Å². The number of amides is 1. The number of aromatic nitrogens is 3. The topological polar surface area (TPSA) is 107 Å². The number of hydrogen-bond acceptors (Lipinski definition) is 6. The van der Waals surface area contributed by atoms with Gasteiger partial charge in [0, 0.05) is 63.8 Å². The zero-order valence-corrected chi connectivity index (χ0v) is 24.2. The lowest BCUT2D eigenvalue weighted by Crippen LogP contribution is -2.53. The maximum absolute atomic E-state index is 12.2. The molecule has 1 amide bonds. The number of anilines is 1. The van der Waals surface area contributed by atoms with E-state index in [2.05, 4.69) is 39.9 Å². The Morgan fingerprint density at radius 3 is 2.55 bits per heavy atom. The number of fused-ring (bicyclic) bond motifs is 1. The fourth-order valence-electron chi connectivity index (χ4n) is 6.46. The van der Waals surface area contributed by atoms with Gasteiger partial charge in [-0.05, 0) is 43.4 Å². The van der Waals surface area contributed by atoms with Crippen LogP contribution in [0.25, 0.3) is 22.2 Å². The zero-order chi connectivity index (χ0) is 29.2. The first-order valence-corrected chi connectivity index (χ1v) is 14.7. The Bertz CT molecular complexity index is 1610. The van der Waals surface area contributed by atoms with E-state index in [1.165, 1.54) is 11.0 Å². The molecule has 1 atom stereocenters. The number of ether oxygens (including phenoxy) is 1. The lowest BCUT2D eigenvalue weighted by Gasteiger charge is -2.43. The van der Waals surface area contributed by atoms with Crippen LogP contribution in [-0.4, -0.2) is 81.1 Å². The van der Waals surface area contributed by atoms with Crippen LogP contribution in [0.3, 0.4) is 0 Å². The molecule has 10 heteroatoms. The van der Waals surface area contributed by atoms with Crippen LogP contribution >= 0.6 is 0 Å². The van der Waals surface area contributed by atoms with Gasteiger partial charge in [0.05, 0.1) is 16.8 Å². The molecule has 2 saturated heterocycles. The SMILES string of the molecule is CC1CN(CC2CCN(C(=O)O)CC2)CCN1c1cccc2c(-c3ccc(=O)[nH]c3OCc3ccccc3)nn(C)c12. The van der Waals surface area contributed by atoms with Crippen molar-refractivity contribution >= 4 is 22.7 Å². The summed E-state index contributed by atoms with van der Waals surface area (Å²) in [5, 5.41) is 15.2. The van der Waals surface area contributed by atoms with E-state index in [4.69, 9.17) is 9.84 Å². The molecule has 10 nitrogen and oxygen atoms in total. The number of para-hydroxylation sites is 1. The summed E-state index contributed by atoms with van der Waals surface area (Å²) in [6.07, 6.45) is 1.05. The molecule has 2 aromatic carbocycles. The second-order valence-corrected chi connectivity index (χ2v) is 11.5. The maximum Gasteiger partial charge on any atom is 0.407 e. The number of rotatable bonds is 7. The monoisotopic (exact) mass is 570 g/mol. The molecule has 0 aliphatic carbocycles. The van der Waals surface area contributed by atoms with Gasteiger partial charge in [0.2, 0.25) is 5.88 Å². The number of carboxylic acid groups (broad SMARTS) is 1. The Labute approximate surface area is 245 Å². The Hall–Kier alpha value is -4.31. The third-order valence-corrected chi connectivity index (χ3v) is 8.63. The van der Waals surface area contributed by atoms with Crippen LogP contribution in [0, 0.1) is 5.92 Å². The Morgan fingerprint density at radius 2 is 1.81 bits per heavy atom. The van der Waals surface area contributed by atoms with Crippen LogP contribution in [0.4, 0.5) is 10.5 Å². The van der Waals surface area contributed by atoms with Crippen molar-refractivity contribution in [2.24, 2.45) is 13.0 Å². The molecule has 0 saturated carbocycles. The van der Waals surface area contributed by atoms with E-state index in [1.807, 2.05) is 42.1 Å². The van der Waals surface area contributed by atoms with E-state index >= 15 is 0 Å². The van der Waals surface area contributed by atoms with E-state index < -0.39 is 6.09 Å². The van der Waals surface area contributed by atoms with Gasteiger partial charge in [-0.1, -0.05) is 42.5 Å². The normalized spacial score (nSPS) is 18.5. The second kappa shape index (κ2) is 11.9. The van der Waals surface area contributed by atoms with Crippen molar-refractivity contribution in [3.8, 4) is 17.1 Å². The number of hydrogen-bond donors (Lipinski definition) is 2. The highest BCUT2D eigenvalue weighted by atomic mass is 16.5. The predicted octanol–water partition coefficient (Wildman–Crippen LogP) is 4.41. The number of nitrogens with zero attached hydrogens (tertiary/aromatic N) is 5. The van der Waals surface area contributed by atoms with Crippen molar-refractivity contribution in [1.82, 2.24) is 24.6 Å². The van der Waals surface area contributed by atoms with Crippen molar-refractivity contribution in [3.63, 3.8) is 0 Å². The molecule has 220 valence electrons. The predicted molar refractivity (Wildman–Crippen MR) is 163 cm³/mol. The highest BCUT2D eigenvalue weighted by Crippen LogP contribution is 2.37. The van der Waals surface area contributed by atoms with Gasteiger partial charge in [0.25, 0.3) is 5.56 Å². The lowest BCUT2D eigenvalue weighted by atomic mass is 9.95. The number of aromatic amines is 1. The maximum atomic E-state index is 12.2. The smallest absolute Gasteiger partial charge is 0.407 e.